The molecule has 24 heavy (non-hydrogen) atoms. The van der Waals surface area contributed by atoms with E-state index in [1.807, 2.05) is 49.4 Å². The first-order valence-electron chi connectivity index (χ1n) is 7.34. The number of nitrogens with zero attached hydrogens (tertiary/aromatic N) is 1. The number of aryl methyl sites for hydroxylation is 1. The van der Waals surface area contributed by atoms with Crippen molar-refractivity contribution in [3.63, 3.8) is 0 Å². The lowest BCUT2D eigenvalue weighted by Gasteiger charge is -2.05. The Hall–Kier alpha value is -2.84. The molecule has 4 nitrogen and oxygen atoms in total. The van der Waals surface area contributed by atoms with Gasteiger partial charge in [0, 0.05) is 32.3 Å². The first-order valence-corrected chi connectivity index (χ1v) is 8.14. The maximum Gasteiger partial charge on any atom is 0.266 e. The standard InChI is InChI=1S/C19H14BrN3O/c1-12-17(16-7-2-3-8-18(16)22-12)9-13(11-21)19(24)23-15-6-4-5-14(20)10-15/h2-10,22H,1H3,(H,23,24)/b13-9+. The van der Waals surface area contributed by atoms with Crippen LogP contribution in [0, 0.1) is 18.3 Å². The van der Waals surface area contributed by atoms with Gasteiger partial charge in [-0.1, -0.05) is 40.2 Å². The first kappa shape index (κ1) is 16.0. The summed E-state index contributed by atoms with van der Waals surface area (Å²) in [6.45, 7) is 1.92. The van der Waals surface area contributed by atoms with Gasteiger partial charge in [-0.15, -0.1) is 0 Å². The van der Waals surface area contributed by atoms with E-state index < -0.39 is 5.91 Å². The van der Waals surface area contributed by atoms with E-state index >= 15 is 0 Å². The maximum absolute atomic E-state index is 12.4. The topological polar surface area (TPSA) is 68.7 Å². The van der Waals surface area contributed by atoms with Gasteiger partial charge in [0.1, 0.15) is 11.6 Å². The number of fused-ring (bicyclic) bond motifs is 1. The molecule has 3 rings (SSSR count). The van der Waals surface area contributed by atoms with Gasteiger partial charge in [-0.2, -0.15) is 5.26 Å². The molecule has 0 saturated heterocycles. The number of hydrogen-bond acceptors (Lipinski definition) is 2. The predicted molar refractivity (Wildman–Crippen MR) is 99.4 cm³/mol. The molecule has 0 aliphatic rings. The molecule has 0 saturated carbocycles. The monoisotopic (exact) mass is 379 g/mol. The summed E-state index contributed by atoms with van der Waals surface area (Å²) in [5.41, 5.74) is 3.44. The van der Waals surface area contributed by atoms with Crippen LogP contribution in [0.5, 0.6) is 0 Å². The summed E-state index contributed by atoms with van der Waals surface area (Å²) in [5, 5.41) is 13.1. The first-order chi connectivity index (χ1) is 11.6. The average Bonchev–Trinajstić information content (AvgIpc) is 2.87. The third-order valence-electron chi connectivity index (χ3n) is 3.68. The average molecular weight is 380 g/mol. The van der Waals surface area contributed by atoms with Crippen LogP contribution in [0.4, 0.5) is 5.69 Å². The Bertz CT molecular complexity index is 995. The Balaban J connectivity index is 1.95. The number of hydrogen-bond donors (Lipinski definition) is 2. The van der Waals surface area contributed by atoms with Crippen LogP contribution in [0.2, 0.25) is 0 Å². The Morgan fingerprint density at radius 1 is 1.25 bits per heavy atom. The number of nitriles is 1. The van der Waals surface area contributed by atoms with Crippen molar-refractivity contribution in [1.29, 1.82) is 5.26 Å². The van der Waals surface area contributed by atoms with Crippen molar-refractivity contribution in [3.8, 4) is 6.07 Å². The summed E-state index contributed by atoms with van der Waals surface area (Å²) < 4.78 is 0.857. The molecule has 0 atom stereocenters. The molecule has 0 fully saturated rings. The zero-order chi connectivity index (χ0) is 17.1. The second-order valence-electron chi connectivity index (χ2n) is 5.34. The molecule has 1 amide bonds. The number of carbonyl (C=O) groups excluding carboxylic acids is 1. The second-order valence-corrected chi connectivity index (χ2v) is 6.26. The van der Waals surface area contributed by atoms with Crippen LogP contribution in [0.1, 0.15) is 11.3 Å². The lowest BCUT2D eigenvalue weighted by Crippen LogP contribution is -2.13. The highest BCUT2D eigenvalue weighted by Crippen LogP contribution is 2.24. The highest BCUT2D eigenvalue weighted by Gasteiger charge is 2.13. The Morgan fingerprint density at radius 2 is 2.04 bits per heavy atom. The number of carbonyl (C=O) groups is 1. The van der Waals surface area contributed by atoms with Crippen molar-refractivity contribution in [3.05, 3.63) is 69.8 Å². The van der Waals surface area contributed by atoms with E-state index in [1.165, 1.54) is 0 Å². The molecule has 5 heteroatoms. The fourth-order valence-corrected chi connectivity index (χ4v) is 2.94. The number of halogens is 1. The van der Waals surface area contributed by atoms with Gasteiger partial charge in [-0.05, 0) is 37.3 Å². The highest BCUT2D eigenvalue weighted by molar-refractivity contribution is 9.10. The highest BCUT2D eigenvalue weighted by atomic mass is 79.9. The zero-order valence-electron chi connectivity index (χ0n) is 12.9. The third kappa shape index (κ3) is 3.24. The molecule has 0 radical (unpaired) electrons. The van der Waals surface area contributed by atoms with Crippen molar-refractivity contribution in [1.82, 2.24) is 4.98 Å². The molecule has 1 aromatic heterocycles. The van der Waals surface area contributed by atoms with E-state index in [-0.39, 0.29) is 5.57 Å². The number of amides is 1. The lowest BCUT2D eigenvalue weighted by molar-refractivity contribution is -0.112. The minimum atomic E-state index is -0.430. The van der Waals surface area contributed by atoms with Crippen molar-refractivity contribution < 1.29 is 4.79 Å². The smallest absolute Gasteiger partial charge is 0.266 e. The summed E-state index contributed by atoms with van der Waals surface area (Å²) in [6, 6.07) is 17.0. The molecule has 0 bridgehead atoms. The van der Waals surface area contributed by atoms with Crippen molar-refractivity contribution in [2.24, 2.45) is 0 Å². The van der Waals surface area contributed by atoms with Crippen molar-refractivity contribution >= 4 is 44.5 Å². The number of H-pyrrole nitrogens is 1. The van der Waals surface area contributed by atoms with Gasteiger partial charge in [-0.3, -0.25) is 4.79 Å². The van der Waals surface area contributed by atoms with Gasteiger partial charge in [0.25, 0.3) is 5.91 Å². The molecular weight excluding hydrogens is 366 g/mol. The maximum atomic E-state index is 12.4. The van der Waals surface area contributed by atoms with Crippen LogP contribution in [0.3, 0.4) is 0 Å². The summed E-state index contributed by atoms with van der Waals surface area (Å²) >= 11 is 3.36. The third-order valence-corrected chi connectivity index (χ3v) is 4.17. The largest absolute Gasteiger partial charge is 0.358 e. The van der Waals surface area contributed by atoms with Gasteiger partial charge in [0.2, 0.25) is 0 Å². The zero-order valence-corrected chi connectivity index (χ0v) is 14.5. The Labute approximate surface area is 147 Å². The Morgan fingerprint density at radius 3 is 2.79 bits per heavy atom. The number of nitrogens with one attached hydrogen (secondary N) is 2. The summed E-state index contributed by atoms with van der Waals surface area (Å²) in [6.07, 6.45) is 1.63. The van der Waals surface area contributed by atoms with E-state index in [0.717, 1.165) is 26.6 Å². The van der Waals surface area contributed by atoms with Crippen molar-refractivity contribution in [2.45, 2.75) is 6.92 Å². The molecule has 1 heterocycles. The molecule has 2 N–H and O–H groups in total. The van der Waals surface area contributed by atoms with Gasteiger partial charge in [-0.25, -0.2) is 0 Å². The van der Waals surface area contributed by atoms with Gasteiger partial charge >= 0.3 is 0 Å². The second kappa shape index (κ2) is 6.73. The molecular formula is C19H14BrN3O. The minimum absolute atomic E-state index is 0.0582. The molecule has 0 unspecified atom stereocenters. The number of benzene rings is 2. The fraction of sp³-hybridized carbons (Fsp3) is 0.0526. The number of anilines is 1. The quantitative estimate of drug-likeness (QED) is 0.507. The van der Waals surface area contributed by atoms with E-state index in [9.17, 15) is 10.1 Å². The minimum Gasteiger partial charge on any atom is -0.358 e. The van der Waals surface area contributed by atoms with Gasteiger partial charge in [0.15, 0.2) is 0 Å². The number of aromatic amines is 1. The van der Waals surface area contributed by atoms with E-state index in [1.54, 1.807) is 18.2 Å². The molecule has 3 aromatic rings. The Kier molecular flexibility index (Phi) is 4.50. The summed E-state index contributed by atoms with van der Waals surface area (Å²) in [7, 11) is 0. The van der Waals surface area contributed by atoms with E-state index in [4.69, 9.17) is 0 Å². The van der Waals surface area contributed by atoms with Gasteiger partial charge < -0.3 is 10.3 Å². The van der Waals surface area contributed by atoms with Crippen LogP contribution < -0.4 is 5.32 Å². The van der Waals surface area contributed by atoms with E-state index in [2.05, 4.69) is 26.2 Å². The molecule has 118 valence electrons. The predicted octanol–water partition coefficient (Wildman–Crippen LogP) is 4.78. The van der Waals surface area contributed by atoms with Crippen molar-refractivity contribution in [2.75, 3.05) is 5.32 Å². The van der Waals surface area contributed by atoms with Crippen LogP contribution in [0.25, 0.3) is 17.0 Å². The van der Waals surface area contributed by atoms with Crippen LogP contribution in [-0.2, 0) is 4.79 Å². The van der Waals surface area contributed by atoms with Crippen LogP contribution in [0.15, 0.2) is 58.6 Å². The summed E-state index contributed by atoms with van der Waals surface area (Å²) in [4.78, 5) is 15.7. The number of rotatable bonds is 3. The SMILES string of the molecule is Cc1[nH]c2ccccc2c1/C=C(\C#N)C(=O)Nc1cccc(Br)c1. The number of aromatic nitrogens is 1. The van der Waals surface area contributed by atoms with E-state index in [0.29, 0.717) is 5.69 Å². The summed E-state index contributed by atoms with van der Waals surface area (Å²) in [5.74, 6) is -0.430. The molecule has 0 aliphatic heterocycles. The molecule has 0 spiro atoms. The molecule has 2 aromatic carbocycles. The van der Waals surface area contributed by atoms with Gasteiger partial charge in [0.05, 0.1) is 0 Å². The number of para-hydroxylation sites is 1. The van der Waals surface area contributed by atoms with Crippen LogP contribution >= 0.6 is 15.9 Å². The normalized spacial score (nSPS) is 11.3. The van der Waals surface area contributed by atoms with Crippen LogP contribution in [-0.4, -0.2) is 10.9 Å². The lowest BCUT2D eigenvalue weighted by atomic mass is 10.1. The fourth-order valence-electron chi connectivity index (χ4n) is 2.54. The molecule has 0 aliphatic carbocycles.